The van der Waals surface area contributed by atoms with Crippen molar-refractivity contribution < 1.29 is 9.59 Å². The van der Waals surface area contributed by atoms with Crippen LogP contribution in [0.1, 0.15) is 45.1 Å². The van der Waals surface area contributed by atoms with Gasteiger partial charge in [-0.05, 0) is 26.0 Å². The number of thioether (sulfide) groups is 1. The van der Waals surface area contributed by atoms with Crippen LogP contribution in [0.25, 0.3) is 0 Å². The molecule has 0 aliphatic carbocycles. The van der Waals surface area contributed by atoms with Crippen molar-refractivity contribution in [1.29, 1.82) is 0 Å². The highest BCUT2D eigenvalue weighted by Crippen LogP contribution is 2.20. The van der Waals surface area contributed by atoms with Crippen LogP contribution < -0.4 is 5.32 Å². The molecule has 0 saturated carbocycles. The summed E-state index contributed by atoms with van der Waals surface area (Å²) in [6, 6.07) is 16.3. The van der Waals surface area contributed by atoms with E-state index in [-0.39, 0.29) is 23.5 Å². The average molecular weight is 395 g/mol. The van der Waals surface area contributed by atoms with E-state index < -0.39 is 0 Å². The number of Topliss-reactive ketones (excluding diaryl/α,β-unsaturated/α-hetero) is 1. The van der Waals surface area contributed by atoms with Crippen LogP contribution in [0, 0.1) is 6.92 Å². The smallest absolute Gasteiger partial charge is 0.251 e. The minimum atomic E-state index is -0.315. The molecule has 2 aromatic carbocycles. The summed E-state index contributed by atoms with van der Waals surface area (Å²) in [7, 11) is 1.83. The molecule has 0 spiro atoms. The second-order valence-corrected chi connectivity index (χ2v) is 7.48. The minimum Gasteiger partial charge on any atom is -0.342 e. The summed E-state index contributed by atoms with van der Waals surface area (Å²) < 4.78 is 1.81. The monoisotopic (exact) mass is 394 g/mol. The number of nitrogens with one attached hydrogen (secondary N) is 1. The van der Waals surface area contributed by atoms with Crippen molar-refractivity contribution in [2.75, 3.05) is 5.75 Å². The number of benzene rings is 2. The maximum Gasteiger partial charge on any atom is 0.251 e. The molecule has 1 atom stereocenters. The Hall–Kier alpha value is -2.93. The fourth-order valence-corrected chi connectivity index (χ4v) is 3.61. The van der Waals surface area contributed by atoms with Crippen LogP contribution >= 0.6 is 11.8 Å². The van der Waals surface area contributed by atoms with Gasteiger partial charge in [0.05, 0.1) is 11.8 Å². The molecule has 1 aromatic heterocycles. The van der Waals surface area contributed by atoms with Crippen molar-refractivity contribution in [3.8, 4) is 0 Å². The third-order valence-electron chi connectivity index (χ3n) is 4.31. The SMILES string of the molecule is Cc1cccc(C(=O)N[C@H](C)c2nnc(SCC(=O)c3ccccc3)n2C)c1. The highest BCUT2D eigenvalue weighted by atomic mass is 32.2. The van der Waals surface area contributed by atoms with Gasteiger partial charge in [-0.3, -0.25) is 9.59 Å². The van der Waals surface area contributed by atoms with E-state index in [1.807, 2.05) is 61.9 Å². The molecule has 3 rings (SSSR count). The van der Waals surface area contributed by atoms with E-state index in [0.717, 1.165) is 5.56 Å². The number of carbonyl (C=O) groups is 2. The topological polar surface area (TPSA) is 76.9 Å². The Bertz CT molecular complexity index is 985. The van der Waals surface area contributed by atoms with Crippen molar-refractivity contribution in [2.45, 2.75) is 25.0 Å². The molecule has 0 saturated heterocycles. The first-order valence-electron chi connectivity index (χ1n) is 8.93. The van der Waals surface area contributed by atoms with E-state index in [1.165, 1.54) is 11.8 Å². The van der Waals surface area contributed by atoms with E-state index in [4.69, 9.17) is 0 Å². The molecule has 0 aliphatic heterocycles. The Morgan fingerprint density at radius 2 is 1.79 bits per heavy atom. The second kappa shape index (κ2) is 8.84. The standard InChI is InChI=1S/C21H22N4O2S/c1-14-8-7-11-17(12-14)20(27)22-15(2)19-23-24-21(25(19)3)28-13-18(26)16-9-5-4-6-10-16/h4-12,15H,13H2,1-3H3,(H,22,27)/t15-/m1/s1. The van der Waals surface area contributed by atoms with Gasteiger partial charge in [-0.15, -0.1) is 10.2 Å². The molecule has 1 N–H and O–H groups in total. The molecule has 1 amide bonds. The highest BCUT2D eigenvalue weighted by Gasteiger charge is 2.19. The zero-order valence-electron chi connectivity index (χ0n) is 16.0. The van der Waals surface area contributed by atoms with Gasteiger partial charge in [0.2, 0.25) is 0 Å². The quantitative estimate of drug-likeness (QED) is 0.489. The first-order chi connectivity index (χ1) is 13.5. The molecule has 0 fully saturated rings. The zero-order chi connectivity index (χ0) is 20.1. The van der Waals surface area contributed by atoms with Gasteiger partial charge < -0.3 is 9.88 Å². The van der Waals surface area contributed by atoms with Gasteiger partial charge in [0.25, 0.3) is 5.91 Å². The Balaban J connectivity index is 1.63. The number of aryl methyl sites for hydroxylation is 1. The van der Waals surface area contributed by atoms with Gasteiger partial charge in [0.15, 0.2) is 16.8 Å². The lowest BCUT2D eigenvalue weighted by Crippen LogP contribution is -2.28. The van der Waals surface area contributed by atoms with Crippen LogP contribution in [0.2, 0.25) is 0 Å². The zero-order valence-corrected chi connectivity index (χ0v) is 16.9. The van der Waals surface area contributed by atoms with Crippen LogP contribution in [-0.2, 0) is 7.05 Å². The third kappa shape index (κ3) is 4.67. The van der Waals surface area contributed by atoms with Crippen LogP contribution in [-0.4, -0.2) is 32.2 Å². The molecule has 7 heteroatoms. The number of rotatable bonds is 7. The fraction of sp³-hybridized carbons (Fsp3) is 0.238. The maximum absolute atomic E-state index is 12.5. The molecule has 1 heterocycles. The van der Waals surface area contributed by atoms with Crippen LogP contribution in [0.5, 0.6) is 0 Å². The van der Waals surface area contributed by atoms with E-state index in [9.17, 15) is 9.59 Å². The van der Waals surface area contributed by atoms with Gasteiger partial charge in [-0.25, -0.2) is 0 Å². The number of hydrogen-bond donors (Lipinski definition) is 1. The lowest BCUT2D eigenvalue weighted by atomic mass is 10.1. The Morgan fingerprint density at radius 3 is 2.50 bits per heavy atom. The molecular weight excluding hydrogens is 372 g/mol. The number of carbonyl (C=O) groups excluding carboxylic acids is 2. The van der Waals surface area contributed by atoms with Gasteiger partial charge >= 0.3 is 0 Å². The predicted octanol–water partition coefficient (Wildman–Crippen LogP) is 3.59. The molecule has 0 unspecified atom stereocenters. The number of aromatic nitrogens is 3. The van der Waals surface area contributed by atoms with E-state index in [0.29, 0.717) is 22.1 Å². The molecular formula is C21H22N4O2S. The van der Waals surface area contributed by atoms with Crippen molar-refractivity contribution in [1.82, 2.24) is 20.1 Å². The van der Waals surface area contributed by atoms with Crippen LogP contribution in [0.4, 0.5) is 0 Å². The number of ketones is 1. The normalized spacial score (nSPS) is 11.8. The summed E-state index contributed by atoms with van der Waals surface area (Å²) >= 11 is 1.33. The summed E-state index contributed by atoms with van der Waals surface area (Å²) in [5, 5.41) is 11.9. The summed E-state index contributed by atoms with van der Waals surface area (Å²) in [5.41, 5.74) is 2.31. The second-order valence-electron chi connectivity index (χ2n) is 6.54. The summed E-state index contributed by atoms with van der Waals surface area (Å²) in [4.78, 5) is 24.7. The first kappa shape index (κ1) is 19.8. The van der Waals surface area contributed by atoms with Crippen molar-refractivity contribution in [2.24, 2.45) is 7.05 Å². The first-order valence-corrected chi connectivity index (χ1v) is 9.92. The summed E-state index contributed by atoms with van der Waals surface area (Å²) in [5.74, 6) is 0.791. The largest absolute Gasteiger partial charge is 0.342 e. The summed E-state index contributed by atoms with van der Waals surface area (Å²) in [6.45, 7) is 3.81. The van der Waals surface area contributed by atoms with Gasteiger partial charge in [-0.1, -0.05) is 59.8 Å². The fourth-order valence-electron chi connectivity index (χ4n) is 2.80. The van der Waals surface area contributed by atoms with Gasteiger partial charge in [-0.2, -0.15) is 0 Å². The van der Waals surface area contributed by atoms with Crippen LogP contribution in [0.15, 0.2) is 59.8 Å². The maximum atomic E-state index is 12.5. The average Bonchev–Trinajstić information content (AvgIpc) is 3.07. The third-order valence-corrected chi connectivity index (χ3v) is 5.33. The molecule has 144 valence electrons. The van der Waals surface area contributed by atoms with Gasteiger partial charge in [0.1, 0.15) is 0 Å². The lowest BCUT2D eigenvalue weighted by molar-refractivity contribution is 0.0937. The van der Waals surface area contributed by atoms with Gasteiger partial charge in [0, 0.05) is 18.2 Å². The Morgan fingerprint density at radius 1 is 1.07 bits per heavy atom. The molecule has 6 nitrogen and oxygen atoms in total. The van der Waals surface area contributed by atoms with Crippen LogP contribution in [0.3, 0.4) is 0 Å². The number of nitrogens with zero attached hydrogens (tertiary/aromatic N) is 3. The van der Waals surface area contributed by atoms with E-state index in [1.54, 1.807) is 18.2 Å². The van der Waals surface area contributed by atoms with E-state index in [2.05, 4.69) is 15.5 Å². The molecule has 0 aliphatic rings. The van der Waals surface area contributed by atoms with Crippen molar-refractivity contribution >= 4 is 23.5 Å². The molecule has 0 radical (unpaired) electrons. The number of hydrogen-bond acceptors (Lipinski definition) is 5. The van der Waals surface area contributed by atoms with Crippen molar-refractivity contribution in [3.63, 3.8) is 0 Å². The molecule has 28 heavy (non-hydrogen) atoms. The predicted molar refractivity (Wildman–Crippen MR) is 110 cm³/mol. The molecule has 3 aromatic rings. The molecule has 0 bridgehead atoms. The summed E-state index contributed by atoms with van der Waals surface area (Å²) in [6.07, 6.45) is 0. The minimum absolute atomic E-state index is 0.0379. The van der Waals surface area contributed by atoms with Crippen molar-refractivity contribution in [3.05, 3.63) is 77.1 Å². The Labute approximate surface area is 168 Å². The lowest BCUT2D eigenvalue weighted by Gasteiger charge is -2.14. The number of amides is 1. The Kier molecular flexibility index (Phi) is 6.26. The highest BCUT2D eigenvalue weighted by molar-refractivity contribution is 7.99. The van der Waals surface area contributed by atoms with E-state index >= 15 is 0 Å².